The lowest BCUT2D eigenvalue weighted by atomic mass is 9.98. The molecule has 120 valence electrons. The number of hydrogen-bond acceptors (Lipinski definition) is 6. The van der Waals surface area contributed by atoms with Crippen LogP contribution < -0.4 is 5.32 Å². The Morgan fingerprint density at radius 2 is 2.32 bits per heavy atom. The average molecular weight is 322 g/mol. The summed E-state index contributed by atoms with van der Waals surface area (Å²) in [6.07, 6.45) is 7.52. The van der Waals surface area contributed by atoms with Crippen LogP contribution in [0.15, 0.2) is 34.4 Å². The molecule has 0 radical (unpaired) electrons. The summed E-state index contributed by atoms with van der Waals surface area (Å²) < 4.78 is 10.7. The van der Waals surface area contributed by atoms with Crippen LogP contribution in [0.25, 0.3) is 0 Å². The highest BCUT2D eigenvalue weighted by molar-refractivity contribution is 7.09. The molecule has 1 fully saturated rings. The maximum absolute atomic E-state index is 10.1. The van der Waals surface area contributed by atoms with E-state index < -0.39 is 6.10 Å². The van der Waals surface area contributed by atoms with E-state index in [0.717, 1.165) is 23.6 Å². The number of aliphatic hydroxyl groups excluding tert-OH is 1. The van der Waals surface area contributed by atoms with E-state index in [1.807, 2.05) is 23.7 Å². The number of hydrogen-bond donors (Lipinski definition) is 2. The fraction of sp³-hybridized carbons (Fsp3) is 0.562. The Hall–Kier alpha value is -1.21. The number of aromatic nitrogens is 1. The summed E-state index contributed by atoms with van der Waals surface area (Å²) in [6.45, 7) is 1.20. The fourth-order valence-corrected chi connectivity index (χ4v) is 3.84. The minimum absolute atomic E-state index is 0.0594. The van der Waals surface area contributed by atoms with Gasteiger partial charge in [-0.3, -0.25) is 0 Å². The topological polar surface area (TPSA) is 67.5 Å². The predicted molar refractivity (Wildman–Crippen MR) is 84.6 cm³/mol. The van der Waals surface area contributed by atoms with Gasteiger partial charge in [-0.15, -0.1) is 11.3 Å². The van der Waals surface area contributed by atoms with Crippen molar-refractivity contribution < 1.29 is 14.3 Å². The highest BCUT2D eigenvalue weighted by Crippen LogP contribution is 2.39. The van der Waals surface area contributed by atoms with Gasteiger partial charge in [0.05, 0.1) is 24.5 Å². The van der Waals surface area contributed by atoms with E-state index in [0.29, 0.717) is 19.8 Å². The summed E-state index contributed by atoms with van der Waals surface area (Å²) in [5, 5.41) is 16.8. The third-order valence-electron chi connectivity index (χ3n) is 4.11. The molecule has 1 unspecified atom stereocenters. The Morgan fingerprint density at radius 1 is 1.45 bits per heavy atom. The predicted octanol–water partition coefficient (Wildman–Crippen LogP) is 2.67. The van der Waals surface area contributed by atoms with Gasteiger partial charge in [-0.25, -0.2) is 4.98 Å². The van der Waals surface area contributed by atoms with Crippen molar-refractivity contribution in [3.05, 3.63) is 40.7 Å². The minimum atomic E-state index is -0.535. The molecule has 0 spiro atoms. The van der Waals surface area contributed by atoms with Gasteiger partial charge in [0.1, 0.15) is 17.4 Å². The number of thiazole rings is 1. The standard InChI is InChI=1S/C16H22N2O3S/c19-13(11-20-12-14-4-3-8-21-14)10-18-16(5-1-2-6-16)15-17-7-9-22-15/h3-4,7-9,13,18-19H,1-2,5-6,10-12H2. The van der Waals surface area contributed by atoms with Crippen LogP contribution in [0, 0.1) is 0 Å². The van der Waals surface area contributed by atoms with Crippen LogP contribution in [0.4, 0.5) is 0 Å². The van der Waals surface area contributed by atoms with Crippen molar-refractivity contribution >= 4 is 11.3 Å². The number of furan rings is 1. The molecule has 22 heavy (non-hydrogen) atoms. The third kappa shape index (κ3) is 3.76. The number of aliphatic hydroxyl groups is 1. The van der Waals surface area contributed by atoms with Crippen molar-refractivity contribution in [2.24, 2.45) is 0 Å². The van der Waals surface area contributed by atoms with E-state index in [9.17, 15) is 5.11 Å². The van der Waals surface area contributed by atoms with Gasteiger partial charge in [0.25, 0.3) is 0 Å². The molecular weight excluding hydrogens is 300 g/mol. The molecule has 0 aliphatic heterocycles. The van der Waals surface area contributed by atoms with Gasteiger partial charge in [-0.2, -0.15) is 0 Å². The maximum Gasteiger partial charge on any atom is 0.129 e. The lowest BCUT2D eigenvalue weighted by Crippen LogP contribution is -2.44. The van der Waals surface area contributed by atoms with Crippen LogP contribution >= 0.6 is 11.3 Å². The monoisotopic (exact) mass is 322 g/mol. The first-order chi connectivity index (χ1) is 10.8. The van der Waals surface area contributed by atoms with Gasteiger partial charge < -0.3 is 19.6 Å². The van der Waals surface area contributed by atoms with Crippen molar-refractivity contribution in [2.45, 2.75) is 43.9 Å². The number of nitrogens with one attached hydrogen (secondary N) is 1. The molecule has 1 saturated carbocycles. The van der Waals surface area contributed by atoms with Gasteiger partial charge in [0.15, 0.2) is 0 Å². The largest absolute Gasteiger partial charge is 0.467 e. The van der Waals surface area contributed by atoms with E-state index in [1.165, 1.54) is 12.8 Å². The fourth-order valence-electron chi connectivity index (χ4n) is 2.97. The minimum Gasteiger partial charge on any atom is -0.467 e. The first-order valence-electron chi connectivity index (χ1n) is 7.72. The van der Waals surface area contributed by atoms with Crippen LogP contribution in [0.3, 0.4) is 0 Å². The number of rotatable bonds is 8. The normalized spacial score (nSPS) is 18.6. The average Bonchev–Trinajstić information content (AvgIpc) is 3.26. The lowest BCUT2D eigenvalue weighted by Gasteiger charge is -2.29. The van der Waals surface area contributed by atoms with Gasteiger partial charge in [-0.05, 0) is 25.0 Å². The molecule has 2 aromatic rings. The van der Waals surface area contributed by atoms with Crippen molar-refractivity contribution in [1.29, 1.82) is 0 Å². The number of nitrogens with zero attached hydrogens (tertiary/aromatic N) is 1. The first-order valence-corrected chi connectivity index (χ1v) is 8.60. The molecule has 2 heterocycles. The highest BCUT2D eigenvalue weighted by atomic mass is 32.1. The molecule has 1 aliphatic carbocycles. The van der Waals surface area contributed by atoms with E-state index >= 15 is 0 Å². The Bertz CT molecular complexity index is 536. The molecule has 3 rings (SSSR count). The van der Waals surface area contributed by atoms with Crippen LogP contribution in [-0.2, 0) is 16.9 Å². The van der Waals surface area contributed by atoms with Crippen molar-refractivity contribution in [1.82, 2.24) is 10.3 Å². The summed E-state index contributed by atoms with van der Waals surface area (Å²) in [7, 11) is 0. The first kappa shape index (κ1) is 15.7. The molecule has 6 heteroatoms. The maximum atomic E-state index is 10.1. The molecule has 0 aromatic carbocycles. The second-order valence-electron chi connectivity index (χ2n) is 5.76. The zero-order valence-corrected chi connectivity index (χ0v) is 13.3. The molecule has 1 aliphatic rings. The SMILES string of the molecule is OC(CNC1(c2nccs2)CCCC1)COCc1ccco1. The van der Waals surface area contributed by atoms with E-state index in [2.05, 4.69) is 10.3 Å². The van der Waals surface area contributed by atoms with E-state index in [1.54, 1.807) is 17.6 Å². The Balaban J connectivity index is 1.46. The molecule has 1 atom stereocenters. The van der Waals surface area contributed by atoms with E-state index in [-0.39, 0.29) is 5.54 Å². The van der Waals surface area contributed by atoms with Crippen LogP contribution in [0.2, 0.25) is 0 Å². The second kappa shape index (κ2) is 7.37. The van der Waals surface area contributed by atoms with Crippen molar-refractivity contribution in [3.63, 3.8) is 0 Å². The molecule has 0 saturated heterocycles. The summed E-state index contributed by atoms with van der Waals surface area (Å²) in [5.41, 5.74) is -0.0594. The lowest BCUT2D eigenvalue weighted by molar-refractivity contribution is 0.0188. The van der Waals surface area contributed by atoms with Gasteiger partial charge in [0.2, 0.25) is 0 Å². The highest BCUT2D eigenvalue weighted by Gasteiger charge is 2.37. The second-order valence-corrected chi connectivity index (χ2v) is 6.65. The molecule has 2 N–H and O–H groups in total. The van der Waals surface area contributed by atoms with Crippen molar-refractivity contribution in [2.75, 3.05) is 13.2 Å². The summed E-state index contributed by atoms with van der Waals surface area (Å²) in [4.78, 5) is 4.48. The molecule has 2 aromatic heterocycles. The van der Waals surface area contributed by atoms with Crippen LogP contribution in [-0.4, -0.2) is 29.3 Å². The van der Waals surface area contributed by atoms with Crippen LogP contribution in [0.5, 0.6) is 0 Å². The number of ether oxygens (including phenoxy) is 1. The third-order valence-corrected chi connectivity index (χ3v) is 5.09. The van der Waals surface area contributed by atoms with Gasteiger partial charge >= 0.3 is 0 Å². The molecule has 0 amide bonds. The van der Waals surface area contributed by atoms with Crippen LogP contribution in [0.1, 0.15) is 36.5 Å². The zero-order chi connectivity index (χ0) is 15.3. The van der Waals surface area contributed by atoms with E-state index in [4.69, 9.17) is 9.15 Å². The zero-order valence-electron chi connectivity index (χ0n) is 12.5. The Labute approximate surface area is 134 Å². The Morgan fingerprint density at radius 3 is 3.00 bits per heavy atom. The summed E-state index contributed by atoms with van der Waals surface area (Å²) in [6, 6.07) is 3.69. The summed E-state index contributed by atoms with van der Waals surface area (Å²) in [5.74, 6) is 0.773. The smallest absolute Gasteiger partial charge is 0.129 e. The summed E-state index contributed by atoms with van der Waals surface area (Å²) >= 11 is 1.69. The molecular formula is C16H22N2O3S. The molecule has 0 bridgehead atoms. The molecule has 5 nitrogen and oxygen atoms in total. The van der Waals surface area contributed by atoms with Gasteiger partial charge in [0, 0.05) is 18.1 Å². The van der Waals surface area contributed by atoms with Crippen molar-refractivity contribution in [3.8, 4) is 0 Å². The Kier molecular flexibility index (Phi) is 5.25. The van der Waals surface area contributed by atoms with Gasteiger partial charge in [-0.1, -0.05) is 12.8 Å². The quantitative estimate of drug-likeness (QED) is 0.782.